The summed E-state index contributed by atoms with van der Waals surface area (Å²) in [6, 6.07) is 68.7. The summed E-state index contributed by atoms with van der Waals surface area (Å²) in [5, 5.41) is 0. The van der Waals surface area contributed by atoms with E-state index in [2.05, 4.69) is 72.8 Å². The van der Waals surface area contributed by atoms with Crippen molar-refractivity contribution in [2.75, 3.05) is 7.11 Å². The Labute approximate surface area is 359 Å². The first-order chi connectivity index (χ1) is 29.9. The molecule has 7 nitrogen and oxygen atoms in total. The summed E-state index contributed by atoms with van der Waals surface area (Å²) in [5.74, 6) is -0.247. The summed E-state index contributed by atoms with van der Waals surface area (Å²) in [6.07, 6.45) is -0.272. The first kappa shape index (κ1) is 40.6. The molecule has 2 saturated heterocycles. The van der Waals surface area contributed by atoms with Crippen LogP contribution in [0.15, 0.2) is 211 Å². The molecule has 0 amide bonds. The number of hydrogen-bond donors (Lipinski definition) is 0. The van der Waals surface area contributed by atoms with Crippen LogP contribution in [-0.2, 0) is 34.2 Å². The Morgan fingerprint density at radius 3 is 1.28 bits per heavy atom. The number of rotatable bonds is 12. The second-order valence-corrected chi connectivity index (χ2v) is 16.7. The fraction of sp³-hybridized carbons (Fsp3) is 0.189. The number of nitrogens with zero attached hydrogens (tertiary/aromatic N) is 1. The lowest BCUT2D eigenvalue weighted by atomic mass is 9.72. The third kappa shape index (κ3) is 8.09. The van der Waals surface area contributed by atoms with Gasteiger partial charge in [-0.1, -0.05) is 182 Å². The fourth-order valence-corrected chi connectivity index (χ4v) is 10.2. The Morgan fingerprint density at radius 1 is 0.508 bits per heavy atom. The molecule has 4 atom stereocenters. The molecule has 0 N–H and O–H groups in total. The molecule has 61 heavy (non-hydrogen) atoms. The lowest BCUT2D eigenvalue weighted by Gasteiger charge is -2.41. The van der Waals surface area contributed by atoms with Crippen molar-refractivity contribution in [2.45, 2.75) is 55.2 Å². The van der Waals surface area contributed by atoms with E-state index in [1.165, 1.54) is 0 Å². The van der Waals surface area contributed by atoms with Gasteiger partial charge in [0.1, 0.15) is 30.1 Å². The molecule has 8 heteroatoms. The number of ether oxygens (including phenoxy) is 3. The van der Waals surface area contributed by atoms with Gasteiger partial charge in [-0.3, -0.25) is 14.0 Å². The summed E-state index contributed by atoms with van der Waals surface area (Å²) >= 11 is 0. The van der Waals surface area contributed by atoms with Gasteiger partial charge in [0.2, 0.25) is 0 Å². The van der Waals surface area contributed by atoms with E-state index in [0.717, 1.165) is 44.7 Å². The summed E-state index contributed by atoms with van der Waals surface area (Å²) in [4.78, 5) is 5.33. The molecule has 0 saturated carbocycles. The first-order valence-corrected chi connectivity index (χ1v) is 21.7. The van der Waals surface area contributed by atoms with Crippen molar-refractivity contribution in [3.8, 4) is 5.75 Å². The molecule has 2 aliphatic heterocycles. The van der Waals surface area contributed by atoms with E-state index < -0.39 is 49.9 Å². The monoisotopic (exact) mass is 825 g/mol. The van der Waals surface area contributed by atoms with Gasteiger partial charge in [0, 0.05) is 6.21 Å². The molecule has 2 heterocycles. The highest BCUT2D eigenvalue weighted by Crippen LogP contribution is 2.66. The highest BCUT2D eigenvalue weighted by atomic mass is 31.2. The number of benzene rings is 7. The van der Waals surface area contributed by atoms with Crippen molar-refractivity contribution in [1.29, 1.82) is 0 Å². The lowest BCUT2D eigenvalue weighted by Crippen LogP contribution is -2.53. The summed E-state index contributed by atoms with van der Waals surface area (Å²) in [5.41, 5.74) is 3.74. The fourth-order valence-electron chi connectivity index (χ4n) is 8.58. The van der Waals surface area contributed by atoms with Crippen LogP contribution in [0.4, 0.5) is 0 Å². The van der Waals surface area contributed by atoms with Gasteiger partial charge in [-0.25, -0.2) is 0 Å². The quantitative estimate of drug-likeness (QED) is 0.0903. The van der Waals surface area contributed by atoms with Gasteiger partial charge in [-0.2, -0.15) is 0 Å². The Bertz CT molecular complexity index is 2310. The molecule has 7 aromatic carbocycles. The van der Waals surface area contributed by atoms with Gasteiger partial charge in [-0.15, -0.1) is 0 Å². The standard InChI is InChI=1S/C53H48NO6P/c1-51(2)56-49-50(57-51)53(44-30-18-8-19-31-44,45-32-20-9-21-33-45)60-61(59-52(49,42-26-14-6-15-27-42)43-28-16-7-17-29-43)58-48(41-24-12-5-13-25-41)47(40-22-10-4-11-23-40)54-38-39-34-36-46(55-3)37-35-39/h4-38,47-50H,1-3H3/t47-,48+,49+,50+/m0/s1. The minimum Gasteiger partial charge on any atom is -0.497 e. The molecule has 9 rings (SSSR count). The third-order valence-corrected chi connectivity index (χ3v) is 12.7. The minimum absolute atomic E-state index is 0.528. The largest absolute Gasteiger partial charge is 0.497 e. The van der Waals surface area contributed by atoms with Crippen LogP contribution in [0.5, 0.6) is 5.75 Å². The van der Waals surface area contributed by atoms with E-state index in [0.29, 0.717) is 0 Å². The number of fused-ring (bicyclic) bond motifs is 1. The van der Waals surface area contributed by atoms with E-state index in [1.807, 2.05) is 154 Å². The molecule has 2 fully saturated rings. The van der Waals surface area contributed by atoms with Crippen molar-refractivity contribution in [3.63, 3.8) is 0 Å². The third-order valence-electron chi connectivity index (χ3n) is 11.4. The molecule has 0 aromatic heterocycles. The van der Waals surface area contributed by atoms with E-state index >= 15 is 0 Å². The molecule has 306 valence electrons. The van der Waals surface area contributed by atoms with Gasteiger partial charge in [0.05, 0.1) is 7.11 Å². The van der Waals surface area contributed by atoms with Crippen LogP contribution in [-0.4, -0.2) is 31.3 Å². The summed E-state index contributed by atoms with van der Waals surface area (Å²) in [6.45, 7) is 3.91. The van der Waals surface area contributed by atoms with Gasteiger partial charge in [0.15, 0.2) is 17.0 Å². The molecule has 0 unspecified atom stereocenters. The SMILES string of the molecule is COc1ccc(C=N[C@@H](c2ccccc2)[C@H](OP2OC(c3ccccc3)(c3ccccc3)[C@@H]3OC(C)(C)O[C@H]3C(c3ccccc3)(c3ccccc3)O2)c2ccccc2)cc1. The number of aliphatic imine (C=N–C) groups is 1. The Hall–Kier alpha value is -5.76. The van der Waals surface area contributed by atoms with Crippen LogP contribution in [0.25, 0.3) is 0 Å². The first-order valence-electron chi connectivity index (χ1n) is 20.6. The van der Waals surface area contributed by atoms with Crippen LogP contribution in [0.2, 0.25) is 0 Å². The molecular formula is C53H48NO6P. The van der Waals surface area contributed by atoms with Crippen molar-refractivity contribution < 1.29 is 27.8 Å². The highest BCUT2D eigenvalue weighted by molar-refractivity contribution is 7.41. The van der Waals surface area contributed by atoms with Gasteiger partial charge in [0.25, 0.3) is 0 Å². The van der Waals surface area contributed by atoms with Gasteiger partial charge < -0.3 is 18.7 Å². The summed E-state index contributed by atoms with van der Waals surface area (Å²) < 4.78 is 43.0. The molecular weight excluding hydrogens is 778 g/mol. The maximum atomic E-state index is 7.75. The van der Waals surface area contributed by atoms with Crippen LogP contribution < -0.4 is 4.74 Å². The normalized spacial score (nSPS) is 20.3. The van der Waals surface area contributed by atoms with Crippen LogP contribution >= 0.6 is 8.60 Å². The smallest absolute Gasteiger partial charge is 0.336 e. The van der Waals surface area contributed by atoms with Crippen molar-refractivity contribution >= 4 is 14.8 Å². The van der Waals surface area contributed by atoms with Crippen LogP contribution in [0.1, 0.15) is 64.9 Å². The Morgan fingerprint density at radius 2 is 0.885 bits per heavy atom. The predicted octanol–water partition coefficient (Wildman–Crippen LogP) is 12.3. The maximum Gasteiger partial charge on any atom is 0.336 e. The topological polar surface area (TPSA) is 67.7 Å². The molecule has 0 aliphatic carbocycles. The molecule has 0 bridgehead atoms. The zero-order chi connectivity index (χ0) is 41.7. The zero-order valence-electron chi connectivity index (χ0n) is 34.4. The second kappa shape index (κ2) is 17.7. The number of hydrogen-bond acceptors (Lipinski definition) is 7. The average molecular weight is 826 g/mol. The Balaban J connectivity index is 1.29. The predicted molar refractivity (Wildman–Crippen MR) is 240 cm³/mol. The number of methoxy groups -OCH3 is 1. The Kier molecular flexibility index (Phi) is 11.8. The molecule has 7 aromatic rings. The summed E-state index contributed by atoms with van der Waals surface area (Å²) in [7, 11) is -0.669. The maximum absolute atomic E-state index is 7.75. The molecule has 0 radical (unpaired) electrons. The lowest BCUT2D eigenvalue weighted by molar-refractivity contribution is -0.177. The van der Waals surface area contributed by atoms with Crippen LogP contribution in [0.3, 0.4) is 0 Å². The average Bonchev–Trinajstić information content (AvgIpc) is 3.61. The zero-order valence-corrected chi connectivity index (χ0v) is 35.3. The van der Waals surface area contributed by atoms with Crippen molar-refractivity contribution in [2.24, 2.45) is 4.99 Å². The van der Waals surface area contributed by atoms with Crippen molar-refractivity contribution in [1.82, 2.24) is 0 Å². The molecule has 0 spiro atoms. The van der Waals surface area contributed by atoms with Crippen molar-refractivity contribution in [3.05, 3.63) is 245 Å². The highest BCUT2D eigenvalue weighted by Gasteiger charge is 2.67. The van der Waals surface area contributed by atoms with E-state index in [-0.39, 0.29) is 0 Å². The van der Waals surface area contributed by atoms with Gasteiger partial charge >= 0.3 is 8.60 Å². The van der Waals surface area contributed by atoms with E-state index in [4.69, 9.17) is 32.8 Å². The van der Waals surface area contributed by atoms with Crippen LogP contribution in [0, 0.1) is 0 Å². The van der Waals surface area contributed by atoms with E-state index in [9.17, 15) is 0 Å². The second-order valence-electron chi connectivity index (χ2n) is 15.7. The minimum atomic E-state index is -2.33. The molecule has 2 aliphatic rings. The van der Waals surface area contributed by atoms with E-state index in [1.54, 1.807) is 7.11 Å². The van der Waals surface area contributed by atoms with Gasteiger partial charge in [-0.05, 0) is 77.1 Å².